The third kappa shape index (κ3) is 2.74. The number of hydrogen-bond acceptors (Lipinski definition) is 3. The molecule has 2 aliphatic rings. The van der Waals surface area contributed by atoms with Crippen LogP contribution in [-0.2, 0) is 9.53 Å². The van der Waals surface area contributed by atoms with Crippen molar-refractivity contribution in [3.63, 3.8) is 0 Å². The molecule has 0 radical (unpaired) electrons. The molecule has 2 saturated heterocycles. The van der Waals surface area contributed by atoms with Gasteiger partial charge in [0.2, 0.25) is 5.91 Å². The fraction of sp³-hybridized carbons (Fsp3) is 0.917. The zero-order valence-electron chi connectivity index (χ0n) is 10.1. The number of likely N-dealkylation sites (N-methyl/N-ethyl adjacent to an activating group) is 1. The molecule has 2 rings (SSSR count). The first-order valence-electron chi connectivity index (χ1n) is 6.34. The van der Waals surface area contributed by atoms with E-state index in [0.717, 1.165) is 52.0 Å². The highest BCUT2D eigenvalue weighted by molar-refractivity contribution is 5.76. The van der Waals surface area contributed by atoms with Crippen LogP contribution < -0.4 is 5.32 Å². The fourth-order valence-corrected chi connectivity index (χ4v) is 2.64. The summed E-state index contributed by atoms with van der Waals surface area (Å²) >= 11 is 0. The maximum Gasteiger partial charge on any atom is 0.222 e. The van der Waals surface area contributed by atoms with Crippen LogP contribution in [0.5, 0.6) is 0 Å². The second kappa shape index (κ2) is 5.64. The Bertz CT molecular complexity index is 239. The number of piperidine rings is 1. The van der Waals surface area contributed by atoms with E-state index >= 15 is 0 Å². The van der Waals surface area contributed by atoms with Crippen molar-refractivity contribution in [2.24, 2.45) is 5.92 Å². The molecule has 2 unspecified atom stereocenters. The summed E-state index contributed by atoms with van der Waals surface area (Å²) in [6, 6.07) is 0.393. The quantitative estimate of drug-likeness (QED) is 0.764. The molecular weight excluding hydrogens is 204 g/mol. The van der Waals surface area contributed by atoms with Gasteiger partial charge in [0, 0.05) is 38.1 Å². The minimum absolute atomic E-state index is 0.324. The van der Waals surface area contributed by atoms with E-state index in [0.29, 0.717) is 17.9 Å². The Morgan fingerprint density at radius 2 is 2.44 bits per heavy atom. The Labute approximate surface area is 97.3 Å². The summed E-state index contributed by atoms with van der Waals surface area (Å²) in [4.78, 5) is 13.7. The van der Waals surface area contributed by atoms with Gasteiger partial charge < -0.3 is 15.0 Å². The number of carbonyl (C=O) groups is 1. The minimum atomic E-state index is 0.324. The van der Waals surface area contributed by atoms with Crippen molar-refractivity contribution >= 4 is 5.91 Å². The van der Waals surface area contributed by atoms with E-state index in [2.05, 4.69) is 5.32 Å². The number of amides is 1. The van der Waals surface area contributed by atoms with Gasteiger partial charge in [0.05, 0.1) is 6.61 Å². The van der Waals surface area contributed by atoms with Crippen LogP contribution in [0.3, 0.4) is 0 Å². The number of likely N-dealkylation sites (tertiary alicyclic amines) is 1. The predicted molar refractivity (Wildman–Crippen MR) is 62.2 cm³/mol. The monoisotopic (exact) mass is 226 g/mol. The molecule has 2 atom stereocenters. The van der Waals surface area contributed by atoms with Gasteiger partial charge in [0.1, 0.15) is 0 Å². The highest BCUT2D eigenvalue weighted by Crippen LogP contribution is 2.19. The first kappa shape index (κ1) is 11.9. The topological polar surface area (TPSA) is 41.6 Å². The summed E-state index contributed by atoms with van der Waals surface area (Å²) in [6.45, 7) is 3.50. The average Bonchev–Trinajstić information content (AvgIpc) is 2.81. The van der Waals surface area contributed by atoms with Gasteiger partial charge in [-0.05, 0) is 26.3 Å². The van der Waals surface area contributed by atoms with E-state index in [1.807, 2.05) is 11.9 Å². The molecule has 2 heterocycles. The Kier molecular flexibility index (Phi) is 4.18. The molecule has 2 aliphatic heterocycles. The second-order valence-electron chi connectivity index (χ2n) is 4.82. The van der Waals surface area contributed by atoms with Gasteiger partial charge >= 0.3 is 0 Å². The Morgan fingerprint density at radius 1 is 1.56 bits per heavy atom. The molecule has 0 bridgehead atoms. The van der Waals surface area contributed by atoms with Gasteiger partial charge in [0.15, 0.2) is 0 Å². The van der Waals surface area contributed by atoms with Crippen LogP contribution in [0.4, 0.5) is 0 Å². The Morgan fingerprint density at radius 3 is 3.06 bits per heavy atom. The van der Waals surface area contributed by atoms with Crippen LogP contribution >= 0.6 is 0 Å². The molecule has 1 N–H and O–H groups in total. The van der Waals surface area contributed by atoms with Gasteiger partial charge in [-0.25, -0.2) is 0 Å². The first-order chi connectivity index (χ1) is 7.81. The number of hydrogen-bond donors (Lipinski definition) is 1. The molecule has 0 saturated carbocycles. The Hall–Kier alpha value is -0.610. The van der Waals surface area contributed by atoms with Crippen LogP contribution in [0.15, 0.2) is 0 Å². The molecule has 4 heteroatoms. The van der Waals surface area contributed by atoms with Crippen molar-refractivity contribution in [3.05, 3.63) is 0 Å². The van der Waals surface area contributed by atoms with Crippen LogP contribution in [0.2, 0.25) is 0 Å². The van der Waals surface area contributed by atoms with E-state index in [-0.39, 0.29) is 0 Å². The van der Waals surface area contributed by atoms with Gasteiger partial charge in [-0.2, -0.15) is 0 Å². The summed E-state index contributed by atoms with van der Waals surface area (Å²) in [6.07, 6.45) is 4.07. The number of rotatable bonds is 4. The summed E-state index contributed by atoms with van der Waals surface area (Å²) in [5, 5.41) is 3.34. The van der Waals surface area contributed by atoms with Gasteiger partial charge in [0.25, 0.3) is 0 Å². The van der Waals surface area contributed by atoms with Crippen molar-refractivity contribution in [2.45, 2.75) is 31.7 Å². The van der Waals surface area contributed by atoms with Crippen LogP contribution in [0, 0.1) is 5.92 Å². The van der Waals surface area contributed by atoms with Crippen molar-refractivity contribution in [1.82, 2.24) is 10.2 Å². The molecule has 0 aromatic rings. The van der Waals surface area contributed by atoms with Gasteiger partial charge in [-0.15, -0.1) is 0 Å². The minimum Gasteiger partial charge on any atom is -0.381 e. The summed E-state index contributed by atoms with van der Waals surface area (Å²) in [7, 11) is 1.98. The van der Waals surface area contributed by atoms with Gasteiger partial charge in [-0.3, -0.25) is 4.79 Å². The zero-order chi connectivity index (χ0) is 11.4. The number of nitrogens with one attached hydrogen (secondary N) is 1. The van der Waals surface area contributed by atoms with Crippen LogP contribution in [0.25, 0.3) is 0 Å². The van der Waals surface area contributed by atoms with Crippen molar-refractivity contribution in [3.8, 4) is 0 Å². The lowest BCUT2D eigenvalue weighted by Crippen LogP contribution is -2.48. The number of carbonyl (C=O) groups excluding carboxylic acids is 1. The summed E-state index contributed by atoms with van der Waals surface area (Å²) in [5.74, 6) is 0.894. The zero-order valence-corrected chi connectivity index (χ0v) is 10.1. The van der Waals surface area contributed by atoms with Crippen LogP contribution in [-0.4, -0.2) is 50.2 Å². The Balaban J connectivity index is 1.87. The first-order valence-corrected chi connectivity index (χ1v) is 6.34. The van der Waals surface area contributed by atoms with Gasteiger partial charge in [-0.1, -0.05) is 0 Å². The molecule has 0 aromatic carbocycles. The van der Waals surface area contributed by atoms with Crippen molar-refractivity contribution in [2.75, 3.05) is 33.4 Å². The molecule has 4 nitrogen and oxygen atoms in total. The fourth-order valence-electron chi connectivity index (χ4n) is 2.64. The lowest BCUT2D eigenvalue weighted by molar-refractivity contribution is -0.133. The predicted octanol–water partition coefficient (Wildman–Crippen LogP) is 0.623. The maximum atomic E-state index is 11.7. The molecule has 0 spiro atoms. The van der Waals surface area contributed by atoms with E-state index in [1.165, 1.54) is 0 Å². The highest BCUT2D eigenvalue weighted by atomic mass is 16.5. The molecule has 92 valence electrons. The van der Waals surface area contributed by atoms with E-state index in [1.54, 1.807) is 0 Å². The number of nitrogens with zero attached hydrogens (tertiary/aromatic N) is 1. The van der Waals surface area contributed by atoms with E-state index in [4.69, 9.17) is 4.74 Å². The van der Waals surface area contributed by atoms with E-state index in [9.17, 15) is 4.79 Å². The molecule has 0 aliphatic carbocycles. The summed E-state index contributed by atoms with van der Waals surface area (Å²) < 4.78 is 5.41. The average molecular weight is 226 g/mol. The SMILES string of the molecule is CNC(CN1CCCCC1=O)C1CCOC1. The number of ether oxygens (including phenoxy) is 1. The van der Waals surface area contributed by atoms with Crippen molar-refractivity contribution in [1.29, 1.82) is 0 Å². The maximum absolute atomic E-state index is 11.7. The van der Waals surface area contributed by atoms with Crippen molar-refractivity contribution < 1.29 is 9.53 Å². The smallest absolute Gasteiger partial charge is 0.222 e. The lowest BCUT2D eigenvalue weighted by Gasteiger charge is -2.32. The molecule has 2 fully saturated rings. The highest BCUT2D eigenvalue weighted by Gasteiger charge is 2.28. The summed E-state index contributed by atoms with van der Waals surface area (Å²) in [5.41, 5.74) is 0. The molecule has 16 heavy (non-hydrogen) atoms. The lowest BCUT2D eigenvalue weighted by atomic mass is 9.97. The standard InChI is InChI=1S/C12H22N2O2/c1-13-11(10-5-7-16-9-10)8-14-6-3-2-4-12(14)15/h10-11,13H,2-9H2,1H3. The largest absolute Gasteiger partial charge is 0.381 e. The third-order valence-corrected chi connectivity index (χ3v) is 3.74. The van der Waals surface area contributed by atoms with E-state index < -0.39 is 0 Å². The molecule has 0 aromatic heterocycles. The third-order valence-electron chi connectivity index (χ3n) is 3.74. The molecular formula is C12H22N2O2. The second-order valence-corrected chi connectivity index (χ2v) is 4.82. The molecule has 1 amide bonds. The van der Waals surface area contributed by atoms with Crippen LogP contribution in [0.1, 0.15) is 25.7 Å². The normalized spacial score (nSPS) is 28.4.